The minimum atomic E-state index is 0.733. The summed E-state index contributed by atoms with van der Waals surface area (Å²) in [4.78, 5) is 6.42. The Bertz CT molecular complexity index is 386. The highest BCUT2D eigenvalue weighted by Gasteiger charge is 2.20. The number of aromatic nitrogens is 1. The fraction of sp³-hybridized carbons (Fsp3) is 0.812. The van der Waals surface area contributed by atoms with E-state index in [1.165, 1.54) is 54.1 Å². The molecular formula is C16H28N2OS. The Morgan fingerprint density at radius 2 is 2.10 bits per heavy atom. The van der Waals surface area contributed by atoms with Crippen molar-refractivity contribution in [3.8, 4) is 0 Å². The van der Waals surface area contributed by atoms with Crippen molar-refractivity contribution in [1.29, 1.82) is 0 Å². The molecule has 0 unspecified atom stereocenters. The molecule has 1 heterocycles. The third kappa shape index (κ3) is 4.54. The summed E-state index contributed by atoms with van der Waals surface area (Å²) >= 11 is 1.95. The second-order valence-electron chi connectivity index (χ2n) is 5.68. The first-order valence-corrected chi connectivity index (χ1v) is 8.85. The lowest BCUT2D eigenvalue weighted by molar-refractivity contribution is 0.199. The van der Waals surface area contributed by atoms with Crippen LogP contribution in [-0.4, -0.2) is 25.2 Å². The average Bonchev–Trinajstić information content (AvgIpc) is 2.88. The molecule has 0 atom stereocenters. The molecule has 0 bridgehead atoms. The Hall–Kier alpha value is -0.450. The van der Waals surface area contributed by atoms with Crippen molar-refractivity contribution in [3.63, 3.8) is 0 Å². The molecule has 0 radical (unpaired) electrons. The van der Waals surface area contributed by atoms with Crippen LogP contribution in [0.1, 0.15) is 66.9 Å². The zero-order chi connectivity index (χ0) is 14.2. The molecule has 3 nitrogen and oxygen atoms in total. The topological polar surface area (TPSA) is 34.2 Å². The molecule has 1 aliphatic carbocycles. The van der Waals surface area contributed by atoms with Gasteiger partial charge in [-0.25, -0.2) is 4.98 Å². The maximum absolute atomic E-state index is 5.08. The van der Waals surface area contributed by atoms with E-state index in [0.717, 1.165) is 32.0 Å². The van der Waals surface area contributed by atoms with Crippen molar-refractivity contribution in [2.45, 2.75) is 64.3 Å². The van der Waals surface area contributed by atoms with Gasteiger partial charge < -0.3 is 10.1 Å². The molecular weight excluding hydrogens is 268 g/mol. The molecule has 1 aromatic rings. The van der Waals surface area contributed by atoms with E-state index in [2.05, 4.69) is 12.2 Å². The van der Waals surface area contributed by atoms with Gasteiger partial charge >= 0.3 is 0 Å². The standard InChI is InChI=1S/C16H28N2OS/c1-3-7-14-15(12-17-10-11-19-2)20-16(18-14)13-8-5-4-6-9-13/h13,17H,3-12H2,1-2H3. The Morgan fingerprint density at radius 1 is 1.30 bits per heavy atom. The maximum atomic E-state index is 5.08. The lowest BCUT2D eigenvalue weighted by Gasteiger charge is -2.18. The van der Waals surface area contributed by atoms with Crippen LogP contribution in [0.25, 0.3) is 0 Å². The van der Waals surface area contributed by atoms with E-state index < -0.39 is 0 Å². The second kappa shape index (κ2) is 8.75. The van der Waals surface area contributed by atoms with Gasteiger partial charge in [-0.15, -0.1) is 11.3 Å². The number of rotatable bonds is 8. The van der Waals surface area contributed by atoms with Gasteiger partial charge in [-0.05, 0) is 19.3 Å². The van der Waals surface area contributed by atoms with Gasteiger partial charge in [0.1, 0.15) is 0 Å². The minimum Gasteiger partial charge on any atom is -0.383 e. The summed E-state index contributed by atoms with van der Waals surface area (Å²) in [6.07, 6.45) is 9.16. The fourth-order valence-electron chi connectivity index (χ4n) is 2.87. The summed E-state index contributed by atoms with van der Waals surface area (Å²) < 4.78 is 5.08. The smallest absolute Gasteiger partial charge is 0.0962 e. The molecule has 2 rings (SSSR count). The summed E-state index contributed by atoms with van der Waals surface area (Å²) in [6.45, 7) is 4.88. The monoisotopic (exact) mass is 296 g/mol. The Balaban J connectivity index is 1.98. The second-order valence-corrected chi connectivity index (χ2v) is 6.79. The Morgan fingerprint density at radius 3 is 2.80 bits per heavy atom. The zero-order valence-electron chi connectivity index (χ0n) is 12.9. The van der Waals surface area contributed by atoms with Crippen LogP contribution in [-0.2, 0) is 17.7 Å². The first-order valence-electron chi connectivity index (χ1n) is 8.03. The molecule has 1 aliphatic rings. The summed E-state index contributed by atoms with van der Waals surface area (Å²) in [6, 6.07) is 0. The SMILES string of the molecule is CCCc1nc(C2CCCCC2)sc1CNCCOC. The van der Waals surface area contributed by atoms with E-state index in [9.17, 15) is 0 Å². The van der Waals surface area contributed by atoms with E-state index in [-0.39, 0.29) is 0 Å². The third-order valence-corrected chi connectivity index (χ3v) is 5.26. The van der Waals surface area contributed by atoms with Crippen LogP contribution < -0.4 is 5.32 Å². The van der Waals surface area contributed by atoms with Gasteiger partial charge in [0.15, 0.2) is 0 Å². The number of thiazole rings is 1. The number of aryl methyl sites for hydroxylation is 1. The van der Waals surface area contributed by atoms with Crippen LogP contribution in [0.2, 0.25) is 0 Å². The Labute approximate surface area is 127 Å². The van der Waals surface area contributed by atoms with Gasteiger partial charge in [0.2, 0.25) is 0 Å². The molecule has 1 N–H and O–H groups in total. The van der Waals surface area contributed by atoms with Gasteiger partial charge in [-0.1, -0.05) is 32.6 Å². The molecule has 0 saturated heterocycles. The van der Waals surface area contributed by atoms with Gasteiger partial charge in [-0.3, -0.25) is 0 Å². The van der Waals surface area contributed by atoms with Crippen LogP contribution in [0.3, 0.4) is 0 Å². The van der Waals surface area contributed by atoms with E-state index in [4.69, 9.17) is 9.72 Å². The van der Waals surface area contributed by atoms with Crippen molar-refractivity contribution in [2.75, 3.05) is 20.3 Å². The summed E-state index contributed by atoms with van der Waals surface area (Å²) in [5.74, 6) is 0.733. The number of methoxy groups -OCH3 is 1. The largest absolute Gasteiger partial charge is 0.383 e. The van der Waals surface area contributed by atoms with Crippen molar-refractivity contribution < 1.29 is 4.74 Å². The first kappa shape index (κ1) is 15.9. The number of hydrogen-bond donors (Lipinski definition) is 1. The van der Waals surface area contributed by atoms with Crippen LogP contribution in [0.5, 0.6) is 0 Å². The van der Waals surface area contributed by atoms with Gasteiger partial charge in [-0.2, -0.15) is 0 Å². The summed E-state index contributed by atoms with van der Waals surface area (Å²) in [5.41, 5.74) is 1.34. The third-order valence-electron chi connectivity index (χ3n) is 4.00. The molecule has 0 aliphatic heterocycles. The number of hydrogen-bond acceptors (Lipinski definition) is 4. The van der Waals surface area contributed by atoms with E-state index in [1.54, 1.807) is 7.11 Å². The molecule has 4 heteroatoms. The van der Waals surface area contributed by atoms with Crippen LogP contribution in [0, 0.1) is 0 Å². The van der Waals surface area contributed by atoms with Crippen molar-refractivity contribution in [1.82, 2.24) is 10.3 Å². The maximum Gasteiger partial charge on any atom is 0.0962 e. The highest BCUT2D eigenvalue weighted by atomic mass is 32.1. The minimum absolute atomic E-state index is 0.733. The summed E-state index contributed by atoms with van der Waals surface area (Å²) in [5, 5.41) is 4.86. The number of ether oxygens (including phenoxy) is 1. The normalized spacial score (nSPS) is 16.7. The van der Waals surface area contributed by atoms with Gasteiger partial charge in [0.25, 0.3) is 0 Å². The number of nitrogens with one attached hydrogen (secondary N) is 1. The predicted molar refractivity (Wildman–Crippen MR) is 85.5 cm³/mol. The molecule has 0 aromatic carbocycles. The quantitative estimate of drug-likeness (QED) is 0.739. The lowest BCUT2D eigenvalue weighted by atomic mass is 9.90. The molecule has 20 heavy (non-hydrogen) atoms. The zero-order valence-corrected chi connectivity index (χ0v) is 13.7. The Kier molecular flexibility index (Phi) is 6.97. The van der Waals surface area contributed by atoms with Crippen molar-refractivity contribution in [2.24, 2.45) is 0 Å². The highest BCUT2D eigenvalue weighted by Crippen LogP contribution is 2.36. The van der Waals surface area contributed by atoms with E-state index in [1.807, 2.05) is 11.3 Å². The molecule has 1 fully saturated rings. The molecule has 1 saturated carbocycles. The van der Waals surface area contributed by atoms with Crippen LogP contribution in [0.4, 0.5) is 0 Å². The molecule has 0 amide bonds. The van der Waals surface area contributed by atoms with Crippen molar-refractivity contribution in [3.05, 3.63) is 15.6 Å². The predicted octanol–water partition coefficient (Wildman–Crippen LogP) is 3.88. The van der Waals surface area contributed by atoms with Crippen LogP contribution in [0.15, 0.2) is 0 Å². The van der Waals surface area contributed by atoms with Gasteiger partial charge in [0.05, 0.1) is 17.3 Å². The van der Waals surface area contributed by atoms with Gasteiger partial charge in [0, 0.05) is 31.0 Å². The molecule has 1 aromatic heterocycles. The van der Waals surface area contributed by atoms with Crippen molar-refractivity contribution >= 4 is 11.3 Å². The number of nitrogens with zero attached hydrogens (tertiary/aromatic N) is 1. The molecule has 114 valence electrons. The molecule has 0 spiro atoms. The lowest BCUT2D eigenvalue weighted by Crippen LogP contribution is -2.18. The summed E-state index contributed by atoms with van der Waals surface area (Å²) in [7, 11) is 1.75. The fourth-order valence-corrected chi connectivity index (χ4v) is 4.12. The van der Waals surface area contributed by atoms with Crippen LogP contribution >= 0.6 is 11.3 Å². The highest BCUT2D eigenvalue weighted by molar-refractivity contribution is 7.11. The van der Waals surface area contributed by atoms with E-state index in [0.29, 0.717) is 0 Å². The average molecular weight is 296 g/mol. The first-order chi connectivity index (χ1) is 9.85. The van der Waals surface area contributed by atoms with E-state index >= 15 is 0 Å².